The fourth-order valence-corrected chi connectivity index (χ4v) is 2.35. The first-order valence-corrected chi connectivity index (χ1v) is 7.04. The number of aromatic nitrogens is 1. The summed E-state index contributed by atoms with van der Waals surface area (Å²) in [5, 5.41) is 5.51. The highest BCUT2D eigenvalue weighted by molar-refractivity contribution is 5.83. The molecular formula is C18H18N2O. The predicted octanol–water partition coefficient (Wildman–Crippen LogP) is 4.05. The minimum Gasteiger partial charge on any atom is -0.439 e. The molecule has 3 rings (SSSR count). The molecule has 0 amide bonds. The van der Waals surface area contributed by atoms with Crippen LogP contribution in [0.4, 0.5) is 0 Å². The van der Waals surface area contributed by atoms with Crippen molar-refractivity contribution >= 4 is 10.8 Å². The number of nitrogens with zero attached hydrogens (tertiary/aromatic N) is 1. The zero-order valence-electron chi connectivity index (χ0n) is 12.3. The van der Waals surface area contributed by atoms with E-state index in [9.17, 15) is 0 Å². The van der Waals surface area contributed by atoms with E-state index in [0.29, 0.717) is 5.88 Å². The zero-order valence-corrected chi connectivity index (χ0v) is 12.3. The summed E-state index contributed by atoms with van der Waals surface area (Å²) in [5.41, 5.74) is 2.17. The van der Waals surface area contributed by atoms with Crippen LogP contribution < -0.4 is 10.1 Å². The quantitative estimate of drug-likeness (QED) is 0.781. The molecule has 1 N–H and O–H groups in total. The average molecular weight is 278 g/mol. The Hall–Kier alpha value is -2.39. The number of pyridine rings is 1. The Kier molecular flexibility index (Phi) is 3.84. The average Bonchev–Trinajstić information content (AvgIpc) is 2.50. The van der Waals surface area contributed by atoms with Gasteiger partial charge in [-0.05, 0) is 42.4 Å². The van der Waals surface area contributed by atoms with Gasteiger partial charge in [-0.15, -0.1) is 0 Å². The van der Waals surface area contributed by atoms with Gasteiger partial charge >= 0.3 is 0 Å². The molecule has 0 aliphatic rings. The van der Waals surface area contributed by atoms with Crippen LogP contribution in [-0.4, -0.2) is 12.0 Å². The summed E-state index contributed by atoms with van der Waals surface area (Å²) in [4.78, 5) is 4.50. The van der Waals surface area contributed by atoms with E-state index >= 15 is 0 Å². The van der Waals surface area contributed by atoms with E-state index in [0.717, 1.165) is 18.0 Å². The number of nitrogens with one attached hydrogen (secondary N) is 1. The second kappa shape index (κ2) is 5.94. The van der Waals surface area contributed by atoms with Gasteiger partial charge in [0.05, 0.1) is 0 Å². The van der Waals surface area contributed by atoms with Crippen molar-refractivity contribution in [2.75, 3.05) is 7.05 Å². The van der Waals surface area contributed by atoms with E-state index in [1.54, 1.807) is 0 Å². The van der Waals surface area contributed by atoms with Crippen molar-refractivity contribution in [3.05, 3.63) is 65.9 Å². The van der Waals surface area contributed by atoms with Crippen molar-refractivity contribution in [2.45, 2.75) is 13.5 Å². The lowest BCUT2D eigenvalue weighted by molar-refractivity contribution is 0.461. The fraction of sp³-hybridized carbons (Fsp3) is 0.167. The highest BCUT2D eigenvalue weighted by Crippen LogP contribution is 2.25. The van der Waals surface area contributed by atoms with Crippen molar-refractivity contribution < 1.29 is 4.74 Å². The first kappa shape index (κ1) is 13.6. The van der Waals surface area contributed by atoms with Gasteiger partial charge in [0.2, 0.25) is 5.88 Å². The summed E-state index contributed by atoms with van der Waals surface area (Å²) < 4.78 is 5.87. The standard InChI is InChI=1S/C18H18N2O/c1-13-16(12-19-2)8-10-18(20-13)21-17-9-7-14-5-3-4-6-15(14)11-17/h3-11,19H,12H2,1-2H3. The number of rotatable bonds is 4. The van der Waals surface area contributed by atoms with Crippen LogP contribution in [0.2, 0.25) is 0 Å². The first-order chi connectivity index (χ1) is 10.3. The number of hydrogen-bond donors (Lipinski definition) is 1. The van der Waals surface area contributed by atoms with Crippen molar-refractivity contribution in [3.63, 3.8) is 0 Å². The van der Waals surface area contributed by atoms with Crippen molar-refractivity contribution in [3.8, 4) is 11.6 Å². The maximum Gasteiger partial charge on any atom is 0.219 e. The molecule has 3 heteroatoms. The Morgan fingerprint density at radius 1 is 1.00 bits per heavy atom. The molecule has 0 saturated heterocycles. The lowest BCUT2D eigenvalue weighted by Gasteiger charge is -2.09. The van der Waals surface area contributed by atoms with E-state index in [1.165, 1.54) is 16.3 Å². The van der Waals surface area contributed by atoms with Crippen molar-refractivity contribution in [2.24, 2.45) is 0 Å². The maximum atomic E-state index is 5.87. The van der Waals surface area contributed by atoms with E-state index in [-0.39, 0.29) is 0 Å². The number of hydrogen-bond acceptors (Lipinski definition) is 3. The molecule has 106 valence electrons. The van der Waals surface area contributed by atoms with Gasteiger partial charge in [-0.25, -0.2) is 4.98 Å². The smallest absolute Gasteiger partial charge is 0.219 e. The second-order valence-corrected chi connectivity index (χ2v) is 5.04. The van der Waals surface area contributed by atoms with Crippen LogP contribution in [0.5, 0.6) is 11.6 Å². The minimum atomic E-state index is 0.627. The number of fused-ring (bicyclic) bond motifs is 1. The molecule has 0 aliphatic heterocycles. The van der Waals surface area contributed by atoms with Crippen LogP contribution in [0, 0.1) is 6.92 Å². The van der Waals surface area contributed by atoms with Gasteiger partial charge in [0.25, 0.3) is 0 Å². The molecule has 2 aromatic carbocycles. The largest absolute Gasteiger partial charge is 0.439 e. The van der Waals surface area contributed by atoms with E-state index in [1.807, 2.05) is 44.3 Å². The lowest BCUT2D eigenvalue weighted by Crippen LogP contribution is -2.07. The summed E-state index contributed by atoms with van der Waals surface area (Å²) in [6, 6.07) is 18.3. The van der Waals surface area contributed by atoms with Crippen LogP contribution in [0.15, 0.2) is 54.6 Å². The molecule has 21 heavy (non-hydrogen) atoms. The molecule has 3 aromatic rings. The highest BCUT2D eigenvalue weighted by atomic mass is 16.5. The van der Waals surface area contributed by atoms with Crippen LogP contribution in [0.25, 0.3) is 10.8 Å². The summed E-state index contributed by atoms with van der Waals surface area (Å²) >= 11 is 0. The topological polar surface area (TPSA) is 34.1 Å². The maximum absolute atomic E-state index is 5.87. The third-order valence-electron chi connectivity index (χ3n) is 3.48. The third-order valence-corrected chi connectivity index (χ3v) is 3.48. The molecule has 0 atom stereocenters. The van der Waals surface area contributed by atoms with Gasteiger partial charge < -0.3 is 10.1 Å². The molecular weight excluding hydrogens is 260 g/mol. The summed E-state index contributed by atoms with van der Waals surface area (Å²) in [6.07, 6.45) is 0. The molecule has 0 fully saturated rings. The van der Waals surface area contributed by atoms with Gasteiger partial charge in [0, 0.05) is 18.3 Å². The van der Waals surface area contributed by atoms with Crippen LogP contribution in [0.3, 0.4) is 0 Å². The summed E-state index contributed by atoms with van der Waals surface area (Å²) in [6.45, 7) is 2.81. The molecule has 0 unspecified atom stereocenters. The summed E-state index contributed by atoms with van der Waals surface area (Å²) in [5.74, 6) is 1.43. The fourth-order valence-electron chi connectivity index (χ4n) is 2.35. The summed E-state index contributed by atoms with van der Waals surface area (Å²) in [7, 11) is 1.93. The number of ether oxygens (including phenoxy) is 1. The van der Waals surface area contributed by atoms with Crippen LogP contribution in [0.1, 0.15) is 11.3 Å². The Balaban J connectivity index is 1.86. The van der Waals surface area contributed by atoms with Gasteiger partial charge in [0.1, 0.15) is 5.75 Å². The van der Waals surface area contributed by atoms with E-state index < -0.39 is 0 Å². The number of benzene rings is 2. The molecule has 0 spiro atoms. The van der Waals surface area contributed by atoms with Crippen molar-refractivity contribution in [1.82, 2.24) is 10.3 Å². The lowest BCUT2D eigenvalue weighted by atomic mass is 10.1. The Morgan fingerprint density at radius 2 is 1.81 bits per heavy atom. The predicted molar refractivity (Wildman–Crippen MR) is 85.8 cm³/mol. The third kappa shape index (κ3) is 3.03. The van der Waals surface area contributed by atoms with Crippen molar-refractivity contribution in [1.29, 1.82) is 0 Å². The SMILES string of the molecule is CNCc1ccc(Oc2ccc3ccccc3c2)nc1C. The van der Waals surface area contributed by atoms with Gasteiger partial charge in [-0.2, -0.15) is 0 Å². The molecule has 0 aliphatic carbocycles. The van der Waals surface area contributed by atoms with Crippen LogP contribution >= 0.6 is 0 Å². The molecule has 0 bridgehead atoms. The Bertz CT molecular complexity index is 768. The van der Waals surface area contributed by atoms with E-state index in [4.69, 9.17) is 4.74 Å². The molecule has 3 nitrogen and oxygen atoms in total. The van der Waals surface area contributed by atoms with Gasteiger partial charge in [-0.3, -0.25) is 0 Å². The molecule has 1 aromatic heterocycles. The zero-order chi connectivity index (χ0) is 14.7. The number of aryl methyl sites for hydroxylation is 1. The molecule has 0 saturated carbocycles. The normalized spacial score (nSPS) is 10.8. The van der Waals surface area contributed by atoms with E-state index in [2.05, 4.69) is 34.6 Å². The molecule has 1 heterocycles. The van der Waals surface area contributed by atoms with Gasteiger partial charge in [-0.1, -0.05) is 36.4 Å². The Morgan fingerprint density at radius 3 is 2.57 bits per heavy atom. The monoisotopic (exact) mass is 278 g/mol. The Labute approximate surface area is 124 Å². The first-order valence-electron chi connectivity index (χ1n) is 7.04. The highest BCUT2D eigenvalue weighted by Gasteiger charge is 2.04. The van der Waals surface area contributed by atoms with Gasteiger partial charge in [0.15, 0.2) is 0 Å². The van der Waals surface area contributed by atoms with Crippen LogP contribution in [-0.2, 0) is 6.54 Å². The molecule has 0 radical (unpaired) electrons. The minimum absolute atomic E-state index is 0.627. The second-order valence-electron chi connectivity index (χ2n) is 5.04.